The Kier molecular flexibility index (Phi) is 2.29. The molecule has 1 aromatic carbocycles. The van der Waals surface area contributed by atoms with Gasteiger partial charge >= 0.3 is 0 Å². The fraction of sp³-hybridized carbons (Fsp3) is 0.400. The maximum Gasteiger partial charge on any atom is 0.127 e. The Bertz CT molecular complexity index is 312. The van der Waals surface area contributed by atoms with Gasteiger partial charge in [-0.05, 0) is 17.2 Å². The molecule has 0 radical (unpaired) electrons. The molecule has 13 heavy (non-hydrogen) atoms. The SMILES string of the molecule is NCC1CNCc2cccc(F)c21. The molecule has 1 aromatic rings. The summed E-state index contributed by atoms with van der Waals surface area (Å²) in [6.07, 6.45) is 0. The highest BCUT2D eigenvalue weighted by Crippen LogP contribution is 2.25. The zero-order valence-corrected chi connectivity index (χ0v) is 7.39. The van der Waals surface area contributed by atoms with Crippen molar-refractivity contribution in [2.75, 3.05) is 13.1 Å². The van der Waals surface area contributed by atoms with E-state index in [0.29, 0.717) is 6.54 Å². The Morgan fingerprint density at radius 1 is 1.54 bits per heavy atom. The highest BCUT2D eigenvalue weighted by molar-refractivity contribution is 5.34. The van der Waals surface area contributed by atoms with Gasteiger partial charge in [-0.1, -0.05) is 12.1 Å². The number of halogens is 1. The lowest BCUT2D eigenvalue weighted by atomic mass is 9.90. The van der Waals surface area contributed by atoms with Crippen LogP contribution in [0.15, 0.2) is 18.2 Å². The van der Waals surface area contributed by atoms with Gasteiger partial charge in [-0.15, -0.1) is 0 Å². The predicted molar refractivity (Wildman–Crippen MR) is 49.9 cm³/mol. The van der Waals surface area contributed by atoms with Gasteiger partial charge in [-0.2, -0.15) is 0 Å². The van der Waals surface area contributed by atoms with Crippen LogP contribution in [0.2, 0.25) is 0 Å². The molecule has 70 valence electrons. The molecule has 0 aromatic heterocycles. The van der Waals surface area contributed by atoms with Crippen LogP contribution in [0.25, 0.3) is 0 Å². The van der Waals surface area contributed by atoms with Gasteiger partial charge in [-0.25, -0.2) is 4.39 Å². The van der Waals surface area contributed by atoms with E-state index in [0.717, 1.165) is 24.2 Å². The van der Waals surface area contributed by atoms with E-state index in [1.807, 2.05) is 6.07 Å². The summed E-state index contributed by atoms with van der Waals surface area (Å²) in [5.41, 5.74) is 7.43. The van der Waals surface area contributed by atoms with E-state index in [4.69, 9.17) is 5.73 Å². The van der Waals surface area contributed by atoms with Gasteiger partial charge in [0.05, 0.1) is 0 Å². The van der Waals surface area contributed by atoms with E-state index >= 15 is 0 Å². The molecule has 1 atom stereocenters. The minimum absolute atomic E-state index is 0.116. The van der Waals surface area contributed by atoms with Crippen LogP contribution in [-0.2, 0) is 6.54 Å². The average Bonchev–Trinajstić information content (AvgIpc) is 2.17. The van der Waals surface area contributed by atoms with Gasteiger partial charge in [-0.3, -0.25) is 0 Å². The first-order valence-corrected chi connectivity index (χ1v) is 4.51. The van der Waals surface area contributed by atoms with E-state index in [-0.39, 0.29) is 11.7 Å². The number of hydrogen-bond donors (Lipinski definition) is 2. The largest absolute Gasteiger partial charge is 0.330 e. The molecule has 1 heterocycles. The van der Waals surface area contributed by atoms with Crippen molar-refractivity contribution in [1.82, 2.24) is 5.32 Å². The van der Waals surface area contributed by atoms with Gasteiger partial charge in [0.25, 0.3) is 0 Å². The molecule has 0 fully saturated rings. The molecule has 0 amide bonds. The summed E-state index contributed by atoms with van der Waals surface area (Å²) in [6, 6.07) is 5.20. The van der Waals surface area contributed by atoms with Gasteiger partial charge in [0, 0.05) is 25.6 Å². The Morgan fingerprint density at radius 3 is 3.15 bits per heavy atom. The molecule has 0 spiro atoms. The molecule has 3 N–H and O–H groups in total. The molecule has 0 saturated heterocycles. The molecule has 1 aliphatic heterocycles. The van der Waals surface area contributed by atoms with Gasteiger partial charge in [0.2, 0.25) is 0 Å². The molecule has 2 nitrogen and oxygen atoms in total. The first-order chi connectivity index (χ1) is 6.33. The number of nitrogens with one attached hydrogen (secondary N) is 1. The molecule has 1 unspecified atom stereocenters. The van der Waals surface area contributed by atoms with Gasteiger partial charge in [0.1, 0.15) is 5.82 Å². The van der Waals surface area contributed by atoms with Crippen molar-refractivity contribution < 1.29 is 4.39 Å². The Balaban J connectivity index is 2.47. The zero-order valence-electron chi connectivity index (χ0n) is 7.39. The van der Waals surface area contributed by atoms with Crippen molar-refractivity contribution >= 4 is 0 Å². The van der Waals surface area contributed by atoms with Crippen LogP contribution in [0.4, 0.5) is 4.39 Å². The molecular weight excluding hydrogens is 167 g/mol. The third-order valence-corrected chi connectivity index (χ3v) is 2.54. The maximum atomic E-state index is 13.4. The zero-order chi connectivity index (χ0) is 9.26. The lowest BCUT2D eigenvalue weighted by Crippen LogP contribution is -2.33. The fourth-order valence-electron chi connectivity index (χ4n) is 1.88. The van der Waals surface area contributed by atoms with E-state index in [1.54, 1.807) is 6.07 Å². The summed E-state index contributed by atoms with van der Waals surface area (Å²) >= 11 is 0. The van der Waals surface area contributed by atoms with Crippen LogP contribution in [-0.4, -0.2) is 13.1 Å². The van der Waals surface area contributed by atoms with Crippen molar-refractivity contribution in [2.24, 2.45) is 5.73 Å². The quantitative estimate of drug-likeness (QED) is 0.676. The number of fused-ring (bicyclic) bond motifs is 1. The van der Waals surface area contributed by atoms with Crippen LogP contribution >= 0.6 is 0 Å². The van der Waals surface area contributed by atoms with E-state index in [2.05, 4.69) is 5.32 Å². The first kappa shape index (κ1) is 8.66. The van der Waals surface area contributed by atoms with Crippen molar-refractivity contribution in [3.05, 3.63) is 35.1 Å². The number of benzene rings is 1. The van der Waals surface area contributed by atoms with Crippen LogP contribution in [0.3, 0.4) is 0 Å². The second kappa shape index (κ2) is 3.44. The lowest BCUT2D eigenvalue weighted by molar-refractivity contribution is 0.507. The molecule has 0 aliphatic carbocycles. The minimum Gasteiger partial charge on any atom is -0.330 e. The highest BCUT2D eigenvalue weighted by Gasteiger charge is 2.21. The van der Waals surface area contributed by atoms with Crippen LogP contribution in [0.1, 0.15) is 17.0 Å². The maximum absolute atomic E-state index is 13.4. The normalized spacial score (nSPS) is 21.2. The Hall–Kier alpha value is -0.930. The Labute approximate surface area is 76.9 Å². The summed E-state index contributed by atoms with van der Waals surface area (Å²) in [4.78, 5) is 0. The van der Waals surface area contributed by atoms with Crippen LogP contribution in [0.5, 0.6) is 0 Å². The molecule has 3 heteroatoms. The summed E-state index contributed by atoms with van der Waals surface area (Å²) < 4.78 is 13.4. The number of rotatable bonds is 1. The lowest BCUT2D eigenvalue weighted by Gasteiger charge is -2.25. The highest BCUT2D eigenvalue weighted by atomic mass is 19.1. The summed E-state index contributed by atoms with van der Waals surface area (Å²) in [5.74, 6) is 0.0133. The summed E-state index contributed by atoms with van der Waals surface area (Å²) in [7, 11) is 0. The monoisotopic (exact) mass is 180 g/mol. The second-order valence-corrected chi connectivity index (χ2v) is 3.38. The predicted octanol–water partition coefficient (Wildman–Crippen LogP) is 0.971. The van der Waals surface area contributed by atoms with Gasteiger partial charge < -0.3 is 11.1 Å². The van der Waals surface area contributed by atoms with Crippen molar-refractivity contribution in [1.29, 1.82) is 0 Å². The van der Waals surface area contributed by atoms with Crippen molar-refractivity contribution in [3.63, 3.8) is 0 Å². The molecule has 0 bridgehead atoms. The second-order valence-electron chi connectivity index (χ2n) is 3.38. The van der Waals surface area contributed by atoms with Crippen LogP contribution < -0.4 is 11.1 Å². The van der Waals surface area contributed by atoms with E-state index < -0.39 is 0 Å². The molecular formula is C10H13FN2. The molecule has 0 saturated carbocycles. The fourth-order valence-corrected chi connectivity index (χ4v) is 1.88. The van der Waals surface area contributed by atoms with Crippen molar-refractivity contribution in [3.8, 4) is 0 Å². The average molecular weight is 180 g/mol. The molecule has 2 rings (SSSR count). The Morgan fingerprint density at radius 2 is 2.38 bits per heavy atom. The van der Waals surface area contributed by atoms with E-state index in [9.17, 15) is 4.39 Å². The number of hydrogen-bond acceptors (Lipinski definition) is 2. The minimum atomic E-state index is -0.116. The third-order valence-electron chi connectivity index (χ3n) is 2.54. The van der Waals surface area contributed by atoms with Gasteiger partial charge in [0.15, 0.2) is 0 Å². The summed E-state index contributed by atoms with van der Waals surface area (Å²) in [6.45, 7) is 2.04. The summed E-state index contributed by atoms with van der Waals surface area (Å²) in [5, 5.41) is 3.22. The third kappa shape index (κ3) is 1.45. The molecule has 1 aliphatic rings. The topological polar surface area (TPSA) is 38.0 Å². The standard InChI is InChI=1S/C10H13FN2/c11-9-3-1-2-7-5-13-6-8(4-12)10(7)9/h1-3,8,13H,4-6,12H2. The first-order valence-electron chi connectivity index (χ1n) is 4.51. The smallest absolute Gasteiger partial charge is 0.127 e. The van der Waals surface area contributed by atoms with Crippen LogP contribution in [0, 0.1) is 5.82 Å². The number of nitrogens with two attached hydrogens (primary N) is 1. The van der Waals surface area contributed by atoms with Crippen molar-refractivity contribution in [2.45, 2.75) is 12.5 Å². The van der Waals surface area contributed by atoms with E-state index in [1.165, 1.54) is 6.07 Å².